The first-order valence-corrected chi connectivity index (χ1v) is 4.51. The molecule has 2 aromatic heterocycles. The number of anilines is 1. The van der Waals surface area contributed by atoms with E-state index in [0.29, 0.717) is 12.4 Å². The fourth-order valence-corrected chi connectivity index (χ4v) is 1.20. The Morgan fingerprint density at radius 1 is 1.60 bits per heavy atom. The number of hydrogen-bond donors (Lipinski definition) is 2. The molecule has 6 heteroatoms. The van der Waals surface area contributed by atoms with Crippen molar-refractivity contribution in [1.82, 2.24) is 19.7 Å². The highest BCUT2D eigenvalue weighted by Crippen LogP contribution is 2.00. The smallest absolute Gasteiger partial charge is 0.252 e. The number of nitrogens with one attached hydrogen (secondary N) is 2. The zero-order valence-electron chi connectivity index (χ0n) is 8.27. The van der Waals surface area contributed by atoms with Crippen LogP contribution in [0, 0.1) is 0 Å². The summed E-state index contributed by atoms with van der Waals surface area (Å²) in [6.07, 6.45) is 3.23. The molecule has 0 amide bonds. The summed E-state index contributed by atoms with van der Waals surface area (Å²) in [7, 11) is 1.86. The molecule has 0 atom stereocenters. The molecule has 0 bridgehead atoms. The summed E-state index contributed by atoms with van der Waals surface area (Å²) in [6, 6.07) is 3.31. The Morgan fingerprint density at radius 3 is 3.13 bits per heavy atom. The van der Waals surface area contributed by atoms with Crippen LogP contribution in [0.2, 0.25) is 0 Å². The first kappa shape index (κ1) is 9.45. The quantitative estimate of drug-likeness (QED) is 0.746. The molecule has 0 saturated carbocycles. The van der Waals surface area contributed by atoms with Gasteiger partial charge >= 0.3 is 0 Å². The molecule has 0 spiro atoms. The van der Waals surface area contributed by atoms with Gasteiger partial charge in [-0.25, -0.2) is 4.98 Å². The minimum Gasteiger partial charge on any atom is -0.364 e. The standard InChI is InChI=1S/C9H11N5O/c1-14-3-2-7(13-14)5-10-8-4-9(15)12-6-11-8/h2-4,6H,5H2,1H3,(H2,10,11,12,15). The van der Waals surface area contributed by atoms with Crippen molar-refractivity contribution in [1.29, 1.82) is 0 Å². The van der Waals surface area contributed by atoms with E-state index in [1.54, 1.807) is 4.68 Å². The Morgan fingerprint density at radius 2 is 2.47 bits per heavy atom. The third-order valence-electron chi connectivity index (χ3n) is 1.90. The molecule has 0 aliphatic carbocycles. The largest absolute Gasteiger partial charge is 0.364 e. The third-order valence-corrected chi connectivity index (χ3v) is 1.90. The van der Waals surface area contributed by atoms with E-state index in [2.05, 4.69) is 20.4 Å². The zero-order valence-corrected chi connectivity index (χ0v) is 8.27. The van der Waals surface area contributed by atoms with Crippen LogP contribution >= 0.6 is 0 Å². The third kappa shape index (κ3) is 2.43. The lowest BCUT2D eigenvalue weighted by molar-refractivity contribution is 0.747. The number of aryl methyl sites for hydroxylation is 1. The van der Waals surface area contributed by atoms with Gasteiger partial charge in [-0.1, -0.05) is 0 Å². The van der Waals surface area contributed by atoms with Crippen LogP contribution in [0.1, 0.15) is 5.69 Å². The van der Waals surface area contributed by atoms with Gasteiger partial charge in [0, 0.05) is 19.3 Å². The molecule has 0 fully saturated rings. The average molecular weight is 205 g/mol. The van der Waals surface area contributed by atoms with E-state index >= 15 is 0 Å². The highest BCUT2D eigenvalue weighted by Gasteiger charge is 1.97. The van der Waals surface area contributed by atoms with Crippen molar-refractivity contribution < 1.29 is 0 Å². The van der Waals surface area contributed by atoms with Crippen LogP contribution in [0.4, 0.5) is 5.82 Å². The van der Waals surface area contributed by atoms with E-state index < -0.39 is 0 Å². The van der Waals surface area contributed by atoms with Crippen molar-refractivity contribution >= 4 is 5.82 Å². The highest BCUT2D eigenvalue weighted by molar-refractivity contribution is 5.32. The van der Waals surface area contributed by atoms with Crippen LogP contribution in [0.25, 0.3) is 0 Å². The minimum absolute atomic E-state index is 0.173. The van der Waals surface area contributed by atoms with E-state index in [1.807, 2.05) is 19.3 Å². The molecule has 2 rings (SSSR count). The summed E-state index contributed by atoms with van der Waals surface area (Å²) in [6.45, 7) is 0.553. The first-order valence-electron chi connectivity index (χ1n) is 4.51. The number of H-pyrrole nitrogens is 1. The maximum absolute atomic E-state index is 11.0. The van der Waals surface area contributed by atoms with Crippen molar-refractivity contribution in [2.24, 2.45) is 7.05 Å². The van der Waals surface area contributed by atoms with Crippen LogP contribution in [0.15, 0.2) is 29.5 Å². The Labute approximate surface area is 86.0 Å². The SMILES string of the molecule is Cn1ccc(CNc2cc(=O)[nH]cn2)n1. The number of aromatic nitrogens is 4. The molecule has 0 radical (unpaired) electrons. The first-order chi connectivity index (χ1) is 7.24. The van der Waals surface area contributed by atoms with Gasteiger partial charge in [0.2, 0.25) is 0 Å². The van der Waals surface area contributed by atoms with E-state index in [1.165, 1.54) is 12.4 Å². The topological polar surface area (TPSA) is 75.6 Å². The van der Waals surface area contributed by atoms with Crippen LogP contribution in [-0.2, 0) is 13.6 Å². The number of rotatable bonds is 3. The summed E-state index contributed by atoms with van der Waals surface area (Å²) in [4.78, 5) is 17.4. The van der Waals surface area contributed by atoms with Crippen molar-refractivity contribution in [3.63, 3.8) is 0 Å². The summed E-state index contributed by atoms with van der Waals surface area (Å²) < 4.78 is 1.72. The molecular weight excluding hydrogens is 194 g/mol. The van der Waals surface area contributed by atoms with Crippen LogP contribution in [0.3, 0.4) is 0 Å². The molecule has 0 aliphatic rings. The van der Waals surface area contributed by atoms with Gasteiger partial charge in [0.05, 0.1) is 18.6 Å². The van der Waals surface area contributed by atoms with Gasteiger partial charge in [-0.3, -0.25) is 9.48 Å². The fourth-order valence-electron chi connectivity index (χ4n) is 1.20. The molecule has 2 aromatic rings. The maximum atomic E-state index is 11.0. The van der Waals surface area contributed by atoms with E-state index in [9.17, 15) is 4.79 Å². The lowest BCUT2D eigenvalue weighted by Crippen LogP contribution is -2.09. The van der Waals surface area contributed by atoms with Gasteiger partial charge in [-0.05, 0) is 6.07 Å². The predicted octanol–water partition coefficient (Wildman–Crippen LogP) is 0.115. The van der Waals surface area contributed by atoms with Gasteiger partial charge in [0.25, 0.3) is 5.56 Å². The Kier molecular flexibility index (Phi) is 2.49. The fraction of sp³-hybridized carbons (Fsp3) is 0.222. The number of hydrogen-bond acceptors (Lipinski definition) is 4. The second kappa shape index (κ2) is 3.95. The van der Waals surface area contributed by atoms with Crippen LogP contribution < -0.4 is 10.9 Å². The van der Waals surface area contributed by atoms with Gasteiger partial charge in [-0.15, -0.1) is 0 Å². The summed E-state index contributed by atoms with van der Waals surface area (Å²) in [5, 5.41) is 7.20. The molecule has 78 valence electrons. The van der Waals surface area contributed by atoms with Crippen molar-refractivity contribution in [3.8, 4) is 0 Å². The molecule has 0 unspecified atom stereocenters. The zero-order chi connectivity index (χ0) is 10.7. The summed E-state index contributed by atoms with van der Waals surface area (Å²) in [5.41, 5.74) is 0.730. The number of aromatic amines is 1. The van der Waals surface area contributed by atoms with Gasteiger partial charge in [0.1, 0.15) is 5.82 Å². The highest BCUT2D eigenvalue weighted by atomic mass is 16.1. The summed E-state index contributed by atoms with van der Waals surface area (Å²) in [5.74, 6) is 0.546. The van der Waals surface area contributed by atoms with Gasteiger partial charge < -0.3 is 10.3 Å². The monoisotopic (exact) mass is 205 g/mol. The molecular formula is C9H11N5O. The molecule has 6 nitrogen and oxygen atoms in total. The number of nitrogens with zero attached hydrogens (tertiary/aromatic N) is 3. The molecule has 15 heavy (non-hydrogen) atoms. The van der Waals surface area contributed by atoms with E-state index in [0.717, 1.165) is 5.69 Å². The second-order valence-electron chi connectivity index (χ2n) is 3.13. The van der Waals surface area contributed by atoms with Crippen molar-refractivity contribution in [3.05, 3.63) is 40.7 Å². The van der Waals surface area contributed by atoms with Crippen molar-refractivity contribution in [2.75, 3.05) is 5.32 Å². The normalized spacial score (nSPS) is 10.2. The second-order valence-corrected chi connectivity index (χ2v) is 3.13. The lowest BCUT2D eigenvalue weighted by atomic mass is 10.4. The maximum Gasteiger partial charge on any atom is 0.252 e. The average Bonchev–Trinajstić information content (AvgIpc) is 2.62. The molecule has 0 saturated heterocycles. The molecule has 0 aliphatic heterocycles. The Balaban J connectivity index is 2.02. The summed E-state index contributed by atoms with van der Waals surface area (Å²) >= 11 is 0. The molecule has 2 heterocycles. The van der Waals surface area contributed by atoms with Gasteiger partial charge in [0.15, 0.2) is 0 Å². The molecule has 0 aromatic carbocycles. The lowest BCUT2D eigenvalue weighted by Gasteiger charge is -2.01. The van der Waals surface area contributed by atoms with E-state index in [-0.39, 0.29) is 5.56 Å². The van der Waals surface area contributed by atoms with Crippen molar-refractivity contribution in [2.45, 2.75) is 6.54 Å². The molecule has 2 N–H and O–H groups in total. The Hall–Kier alpha value is -2.11. The van der Waals surface area contributed by atoms with Gasteiger partial charge in [-0.2, -0.15) is 5.10 Å². The van der Waals surface area contributed by atoms with Crippen LogP contribution in [0.5, 0.6) is 0 Å². The predicted molar refractivity (Wildman–Crippen MR) is 55.4 cm³/mol. The van der Waals surface area contributed by atoms with E-state index in [4.69, 9.17) is 0 Å². The minimum atomic E-state index is -0.173. The van der Waals surface area contributed by atoms with Crippen LogP contribution in [-0.4, -0.2) is 19.7 Å². The Bertz CT molecular complexity index is 501.